The molecule has 2 fully saturated rings. The number of benzene rings is 1. The molecule has 98 valence electrons. The number of halogens is 1. The van der Waals surface area contributed by atoms with Crippen LogP contribution in [0.3, 0.4) is 0 Å². The first-order valence-corrected chi connectivity index (χ1v) is 6.49. The van der Waals surface area contributed by atoms with Gasteiger partial charge in [-0.25, -0.2) is 4.39 Å². The van der Waals surface area contributed by atoms with E-state index in [-0.39, 0.29) is 12.4 Å². The number of nitrogens with one attached hydrogen (secondary N) is 1. The molecule has 2 bridgehead atoms. The van der Waals surface area contributed by atoms with Crippen molar-refractivity contribution >= 4 is 0 Å². The predicted molar refractivity (Wildman–Crippen MR) is 65.4 cm³/mol. The predicted octanol–water partition coefficient (Wildman–Crippen LogP) is 1.42. The molecule has 2 unspecified atom stereocenters. The monoisotopic (exact) mass is 251 g/mol. The summed E-state index contributed by atoms with van der Waals surface area (Å²) in [5, 5.41) is 23.6. The Morgan fingerprint density at radius 2 is 1.94 bits per heavy atom. The van der Waals surface area contributed by atoms with Gasteiger partial charge in [0, 0.05) is 12.1 Å². The van der Waals surface area contributed by atoms with Gasteiger partial charge in [0.25, 0.3) is 0 Å². The highest BCUT2D eigenvalue weighted by atomic mass is 19.1. The Morgan fingerprint density at radius 3 is 2.56 bits per heavy atom. The van der Waals surface area contributed by atoms with Crippen molar-refractivity contribution in [1.82, 2.24) is 5.32 Å². The van der Waals surface area contributed by atoms with Gasteiger partial charge in [0.05, 0.1) is 12.2 Å². The number of hydrogen-bond acceptors (Lipinski definition) is 3. The second-order valence-electron chi connectivity index (χ2n) is 5.54. The zero-order valence-electron chi connectivity index (χ0n) is 10.2. The average Bonchev–Trinajstić information content (AvgIpc) is 2.69. The van der Waals surface area contributed by atoms with Crippen LogP contribution in [0.4, 0.5) is 4.39 Å². The van der Waals surface area contributed by atoms with Crippen LogP contribution in [0, 0.1) is 5.82 Å². The van der Waals surface area contributed by atoms with Gasteiger partial charge in [0.2, 0.25) is 0 Å². The van der Waals surface area contributed by atoms with Crippen molar-refractivity contribution in [2.75, 3.05) is 0 Å². The molecule has 1 aromatic carbocycles. The van der Waals surface area contributed by atoms with E-state index in [9.17, 15) is 14.6 Å². The van der Waals surface area contributed by atoms with Gasteiger partial charge in [0.1, 0.15) is 5.82 Å². The summed E-state index contributed by atoms with van der Waals surface area (Å²) in [5.74, 6) is -0.360. The number of hydrogen-bond donors (Lipinski definition) is 3. The van der Waals surface area contributed by atoms with Crippen LogP contribution >= 0.6 is 0 Å². The number of aliphatic hydroxyl groups is 2. The lowest BCUT2D eigenvalue weighted by molar-refractivity contribution is -0.0132. The van der Waals surface area contributed by atoms with Crippen molar-refractivity contribution in [2.45, 2.75) is 50.0 Å². The highest BCUT2D eigenvalue weighted by molar-refractivity contribution is 5.34. The molecule has 1 aromatic rings. The molecule has 0 aliphatic carbocycles. The van der Waals surface area contributed by atoms with Crippen molar-refractivity contribution in [3.63, 3.8) is 0 Å². The van der Waals surface area contributed by atoms with E-state index in [1.807, 2.05) is 0 Å². The van der Waals surface area contributed by atoms with Gasteiger partial charge >= 0.3 is 0 Å². The third-order valence-corrected chi connectivity index (χ3v) is 4.25. The summed E-state index contributed by atoms with van der Waals surface area (Å²) >= 11 is 0. The lowest BCUT2D eigenvalue weighted by atomic mass is 9.79. The van der Waals surface area contributed by atoms with Crippen molar-refractivity contribution in [2.24, 2.45) is 0 Å². The van der Waals surface area contributed by atoms with Crippen molar-refractivity contribution in [3.8, 4) is 0 Å². The van der Waals surface area contributed by atoms with E-state index < -0.39 is 5.60 Å². The van der Waals surface area contributed by atoms with E-state index in [0.29, 0.717) is 36.1 Å². The molecule has 0 amide bonds. The molecule has 18 heavy (non-hydrogen) atoms. The molecule has 3 rings (SSSR count). The lowest BCUT2D eigenvalue weighted by Gasteiger charge is -2.38. The Bertz CT molecular complexity index is 451. The lowest BCUT2D eigenvalue weighted by Crippen LogP contribution is -2.47. The smallest absolute Gasteiger partial charge is 0.123 e. The number of aliphatic hydroxyl groups excluding tert-OH is 1. The van der Waals surface area contributed by atoms with Crippen molar-refractivity contribution in [3.05, 3.63) is 35.1 Å². The summed E-state index contributed by atoms with van der Waals surface area (Å²) < 4.78 is 13.4. The maximum atomic E-state index is 13.4. The molecule has 2 aliphatic heterocycles. The quantitative estimate of drug-likeness (QED) is 0.745. The van der Waals surface area contributed by atoms with Crippen LogP contribution < -0.4 is 5.32 Å². The maximum Gasteiger partial charge on any atom is 0.123 e. The summed E-state index contributed by atoms with van der Waals surface area (Å²) in [6.45, 7) is -0.166. The van der Waals surface area contributed by atoms with Crippen LogP contribution in [0.5, 0.6) is 0 Å². The van der Waals surface area contributed by atoms with Gasteiger partial charge in [0.15, 0.2) is 0 Å². The Hall–Kier alpha value is -0.970. The molecule has 0 radical (unpaired) electrons. The Morgan fingerprint density at radius 1 is 1.28 bits per heavy atom. The second-order valence-corrected chi connectivity index (χ2v) is 5.54. The fraction of sp³-hybridized carbons (Fsp3) is 0.571. The molecule has 3 nitrogen and oxygen atoms in total. The second kappa shape index (κ2) is 4.30. The molecule has 4 heteroatoms. The molecule has 2 heterocycles. The highest BCUT2D eigenvalue weighted by Crippen LogP contribution is 2.42. The number of piperidine rings is 1. The molecule has 0 spiro atoms. The van der Waals surface area contributed by atoms with Crippen molar-refractivity contribution < 1.29 is 14.6 Å². The first-order chi connectivity index (χ1) is 8.60. The third kappa shape index (κ3) is 1.94. The summed E-state index contributed by atoms with van der Waals surface area (Å²) in [7, 11) is 0. The molecule has 3 N–H and O–H groups in total. The van der Waals surface area contributed by atoms with Crippen molar-refractivity contribution in [1.29, 1.82) is 0 Å². The Balaban J connectivity index is 2.00. The molecular weight excluding hydrogens is 233 g/mol. The topological polar surface area (TPSA) is 52.5 Å². The van der Waals surface area contributed by atoms with Crippen LogP contribution in [-0.4, -0.2) is 22.3 Å². The van der Waals surface area contributed by atoms with Gasteiger partial charge in [-0.05, 0) is 48.9 Å². The molecule has 0 aromatic heterocycles. The van der Waals surface area contributed by atoms with Gasteiger partial charge < -0.3 is 15.5 Å². The summed E-state index contributed by atoms with van der Waals surface area (Å²) in [6, 6.07) is 4.88. The van der Waals surface area contributed by atoms with E-state index in [1.54, 1.807) is 6.07 Å². The van der Waals surface area contributed by atoms with Crippen LogP contribution in [0.1, 0.15) is 36.8 Å². The van der Waals surface area contributed by atoms with Gasteiger partial charge in [-0.2, -0.15) is 0 Å². The highest BCUT2D eigenvalue weighted by Gasteiger charge is 2.44. The molecule has 2 saturated heterocycles. The Labute approximate surface area is 106 Å². The SMILES string of the molecule is OCc1ccc(F)cc1C1(O)CC2CCC(C1)N2. The van der Waals surface area contributed by atoms with E-state index in [2.05, 4.69) is 5.32 Å². The van der Waals surface area contributed by atoms with Gasteiger partial charge in [-0.3, -0.25) is 0 Å². The minimum absolute atomic E-state index is 0.166. The molecular formula is C14H18FNO2. The minimum Gasteiger partial charge on any atom is -0.392 e. The van der Waals surface area contributed by atoms with Crippen LogP contribution in [0.2, 0.25) is 0 Å². The average molecular weight is 251 g/mol. The first-order valence-electron chi connectivity index (χ1n) is 6.49. The largest absolute Gasteiger partial charge is 0.392 e. The van der Waals surface area contributed by atoms with E-state index >= 15 is 0 Å². The first kappa shape index (κ1) is 12.1. The van der Waals surface area contributed by atoms with Crippen LogP contribution in [-0.2, 0) is 12.2 Å². The van der Waals surface area contributed by atoms with E-state index in [0.717, 1.165) is 12.8 Å². The molecule has 0 saturated carbocycles. The summed E-state index contributed by atoms with van der Waals surface area (Å²) in [6.07, 6.45) is 3.33. The fourth-order valence-electron chi connectivity index (χ4n) is 3.46. The number of rotatable bonds is 2. The normalized spacial score (nSPS) is 34.8. The maximum absolute atomic E-state index is 13.4. The fourth-order valence-corrected chi connectivity index (χ4v) is 3.46. The zero-order chi connectivity index (χ0) is 12.8. The zero-order valence-corrected chi connectivity index (χ0v) is 10.2. The van der Waals surface area contributed by atoms with Gasteiger partial charge in [-0.1, -0.05) is 6.07 Å². The van der Waals surface area contributed by atoms with Gasteiger partial charge in [-0.15, -0.1) is 0 Å². The summed E-state index contributed by atoms with van der Waals surface area (Å²) in [5.41, 5.74) is 0.181. The molecule has 2 atom stereocenters. The summed E-state index contributed by atoms with van der Waals surface area (Å²) in [4.78, 5) is 0. The number of fused-ring (bicyclic) bond motifs is 2. The standard InChI is InChI=1S/C14H18FNO2/c15-10-2-1-9(8-17)13(5-10)14(18)6-11-3-4-12(7-14)16-11/h1-2,5,11-12,16-18H,3-4,6-8H2. The van der Waals surface area contributed by atoms with E-state index in [4.69, 9.17) is 0 Å². The van der Waals surface area contributed by atoms with E-state index in [1.165, 1.54) is 12.1 Å². The Kier molecular flexibility index (Phi) is 2.88. The third-order valence-electron chi connectivity index (χ3n) is 4.25. The van der Waals surface area contributed by atoms with Crippen LogP contribution in [0.15, 0.2) is 18.2 Å². The minimum atomic E-state index is -1.00. The molecule has 2 aliphatic rings. The van der Waals surface area contributed by atoms with Crippen LogP contribution in [0.25, 0.3) is 0 Å².